The fraction of sp³-hybridized carbons (Fsp3) is 0.909. The number of nitrogens with one attached hydrogen (secondary N) is 1. The fourth-order valence-corrected chi connectivity index (χ4v) is 1.14. The summed E-state index contributed by atoms with van der Waals surface area (Å²) in [5.74, 6) is -0.0768. The molecule has 1 atom stereocenters. The maximum Gasteiger partial charge on any atom is 0.248 e. The van der Waals surface area contributed by atoms with Gasteiger partial charge in [0.25, 0.3) is 0 Å². The summed E-state index contributed by atoms with van der Waals surface area (Å²) in [6.07, 6.45) is 1.28. The van der Waals surface area contributed by atoms with E-state index in [2.05, 4.69) is 5.32 Å². The number of hydrogen-bond acceptors (Lipinski definition) is 3. The van der Waals surface area contributed by atoms with Crippen LogP contribution in [0, 0.1) is 0 Å². The maximum atomic E-state index is 11.4. The van der Waals surface area contributed by atoms with E-state index in [1.807, 2.05) is 20.8 Å². The molecule has 0 aliphatic carbocycles. The minimum absolute atomic E-state index is 0.0768. The highest BCUT2D eigenvalue weighted by molar-refractivity contribution is 5.80. The SMILES string of the molecule is CCNC(=O)C(C)OCC(N)(CC)CC. The van der Waals surface area contributed by atoms with Gasteiger partial charge in [0.2, 0.25) is 5.91 Å². The highest BCUT2D eigenvalue weighted by Crippen LogP contribution is 2.12. The Hall–Kier alpha value is -0.610. The topological polar surface area (TPSA) is 64.3 Å². The second-order valence-corrected chi connectivity index (χ2v) is 3.92. The zero-order chi connectivity index (χ0) is 11.9. The summed E-state index contributed by atoms with van der Waals surface area (Å²) in [7, 11) is 0. The zero-order valence-corrected chi connectivity index (χ0v) is 10.3. The molecule has 0 fully saturated rings. The van der Waals surface area contributed by atoms with Gasteiger partial charge in [-0.1, -0.05) is 13.8 Å². The van der Waals surface area contributed by atoms with Crippen molar-refractivity contribution < 1.29 is 9.53 Å². The first-order valence-electron chi connectivity index (χ1n) is 5.67. The summed E-state index contributed by atoms with van der Waals surface area (Å²) in [5.41, 5.74) is 5.76. The van der Waals surface area contributed by atoms with E-state index in [1.54, 1.807) is 6.92 Å². The van der Waals surface area contributed by atoms with E-state index < -0.39 is 6.10 Å². The van der Waals surface area contributed by atoms with Gasteiger partial charge in [-0.15, -0.1) is 0 Å². The van der Waals surface area contributed by atoms with Crippen molar-refractivity contribution in [1.82, 2.24) is 5.32 Å². The normalized spacial score (nSPS) is 13.7. The lowest BCUT2D eigenvalue weighted by molar-refractivity contribution is -0.132. The molecule has 0 aromatic heterocycles. The van der Waals surface area contributed by atoms with Crippen molar-refractivity contribution in [3.8, 4) is 0 Å². The molecule has 3 N–H and O–H groups in total. The van der Waals surface area contributed by atoms with Gasteiger partial charge in [0.15, 0.2) is 0 Å². The summed E-state index contributed by atoms with van der Waals surface area (Å²) < 4.78 is 5.47. The highest BCUT2D eigenvalue weighted by Gasteiger charge is 2.23. The van der Waals surface area contributed by atoms with Crippen LogP contribution in [0.1, 0.15) is 40.5 Å². The second kappa shape index (κ2) is 6.80. The third-order valence-corrected chi connectivity index (χ3v) is 2.75. The average Bonchev–Trinajstić information content (AvgIpc) is 2.25. The first-order valence-corrected chi connectivity index (χ1v) is 5.67. The predicted molar refractivity (Wildman–Crippen MR) is 61.6 cm³/mol. The van der Waals surface area contributed by atoms with Crippen molar-refractivity contribution >= 4 is 5.91 Å². The summed E-state index contributed by atoms with van der Waals surface area (Å²) in [5, 5.41) is 2.71. The lowest BCUT2D eigenvalue weighted by atomic mass is 9.95. The summed E-state index contributed by atoms with van der Waals surface area (Å²) >= 11 is 0. The minimum atomic E-state index is -0.425. The van der Waals surface area contributed by atoms with Crippen LogP contribution < -0.4 is 11.1 Å². The number of nitrogens with two attached hydrogens (primary N) is 1. The van der Waals surface area contributed by atoms with Crippen LogP contribution in [0.15, 0.2) is 0 Å². The molecule has 0 heterocycles. The molecular weight excluding hydrogens is 192 g/mol. The van der Waals surface area contributed by atoms with E-state index in [0.29, 0.717) is 13.2 Å². The zero-order valence-electron chi connectivity index (χ0n) is 10.3. The molecule has 15 heavy (non-hydrogen) atoms. The van der Waals surface area contributed by atoms with Gasteiger partial charge in [-0.3, -0.25) is 4.79 Å². The molecule has 4 heteroatoms. The number of rotatable bonds is 7. The first-order chi connectivity index (χ1) is 6.99. The van der Waals surface area contributed by atoms with Crippen molar-refractivity contribution in [2.45, 2.75) is 52.2 Å². The maximum absolute atomic E-state index is 11.4. The van der Waals surface area contributed by atoms with Gasteiger partial charge in [0.05, 0.1) is 6.61 Å². The molecule has 4 nitrogen and oxygen atoms in total. The standard InChI is InChI=1S/C11H24N2O2/c1-5-11(12,6-2)8-15-9(4)10(14)13-7-3/h9H,5-8,12H2,1-4H3,(H,13,14). The molecule has 1 amide bonds. The van der Waals surface area contributed by atoms with Crippen LogP contribution in [-0.2, 0) is 9.53 Å². The van der Waals surface area contributed by atoms with Gasteiger partial charge in [0.1, 0.15) is 6.10 Å². The molecule has 0 saturated carbocycles. The Morgan fingerprint density at radius 2 is 1.93 bits per heavy atom. The largest absolute Gasteiger partial charge is 0.367 e. The van der Waals surface area contributed by atoms with Crippen LogP contribution in [0.5, 0.6) is 0 Å². The Morgan fingerprint density at radius 3 is 2.33 bits per heavy atom. The predicted octanol–water partition coefficient (Wildman–Crippen LogP) is 1.05. The molecule has 0 bridgehead atoms. The van der Waals surface area contributed by atoms with Crippen LogP contribution in [0.3, 0.4) is 0 Å². The van der Waals surface area contributed by atoms with Gasteiger partial charge in [-0.05, 0) is 26.7 Å². The molecule has 90 valence electrons. The molecule has 0 spiro atoms. The summed E-state index contributed by atoms with van der Waals surface area (Å²) in [6.45, 7) is 8.75. The Bertz CT molecular complexity index is 191. The molecule has 0 rings (SSSR count). The van der Waals surface area contributed by atoms with E-state index in [-0.39, 0.29) is 11.4 Å². The third kappa shape index (κ3) is 5.14. The smallest absolute Gasteiger partial charge is 0.248 e. The van der Waals surface area contributed by atoms with Gasteiger partial charge >= 0.3 is 0 Å². The molecule has 0 saturated heterocycles. The van der Waals surface area contributed by atoms with Gasteiger partial charge in [-0.25, -0.2) is 0 Å². The van der Waals surface area contributed by atoms with E-state index in [1.165, 1.54) is 0 Å². The molecular formula is C11H24N2O2. The van der Waals surface area contributed by atoms with Crippen LogP contribution in [-0.4, -0.2) is 30.7 Å². The van der Waals surface area contributed by atoms with E-state index in [4.69, 9.17) is 10.5 Å². The Morgan fingerprint density at radius 1 is 1.40 bits per heavy atom. The van der Waals surface area contributed by atoms with Crippen LogP contribution in [0.2, 0.25) is 0 Å². The first kappa shape index (κ1) is 14.4. The number of carbonyl (C=O) groups excluding carboxylic acids is 1. The Kier molecular flexibility index (Phi) is 6.52. The number of likely N-dealkylation sites (N-methyl/N-ethyl adjacent to an activating group) is 1. The molecule has 0 aliphatic heterocycles. The van der Waals surface area contributed by atoms with Crippen LogP contribution in [0.25, 0.3) is 0 Å². The minimum Gasteiger partial charge on any atom is -0.367 e. The number of hydrogen-bond donors (Lipinski definition) is 2. The second-order valence-electron chi connectivity index (χ2n) is 3.92. The number of amides is 1. The van der Waals surface area contributed by atoms with E-state index in [9.17, 15) is 4.79 Å². The van der Waals surface area contributed by atoms with Crippen molar-refractivity contribution in [3.05, 3.63) is 0 Å². The van der Waals surface area contributed by atoms with Gasteiger partial charge < -0.3 is 15.8 Å². The molecule has 0 radical (unpaired) electrons. The monoisotopic (exact) mass is 216 g/mol. The van der Waals surface area contributed by atoms with Crippen LogP contribution in [0.4, 0.5) is 0 Å². The van der Waals surface area contributed by atoms with Crippen molar-refractivity contribution in [2.24, 2.45) is 5.73 Å². The average molecular weight is 216 g/mol. The molecule has 0 aliphatic rings. The van der Waals surface area contributed by atoms with Crippen molar-refractivity contribution in [2.75, 3.05) is 13.2 Å². The molecule has 0 aromatic carbocycles. The molecule has 0 aromatic rings. The van der Waals surface area contributed by atoms with E-state index >= 15 is 0 Å². The van der Waals surface area contributed by atoms with Gasteiger partial charge in [-0.2, -0.15) is 0 Å². The summed E-state index contributed by atoms with van der Waals surface area (Å²) in [6, 6.07) is 0. The Balaban J connectivity index is 3.98. The molecule has 1 unspecified atom stereocenters. The van der Waals surface area contributed by atoms with Crippen LogP contribution >= 0.6 is 0 Å². The summed E-state index contributed by atoms with van der Waals surface area (Å²) in [4.78, 5) is 11.4. The van der Waals surface area contributed by atoms with Gasteiger partial charge in [0, 0.05) is 12.1 Å². The number of ether oxygens (including phenoxy) is 1. The third-order valence-electron chi connectivity index (χ3n) is 2.75. The Labute approximate surface area is 92.6 Å². The lowest BCUT2D eigenvalue weighted by Crippen LogP contribution is -2.46. The van der Waals surface area contributed by atoms with Crippen molar-refractivity contribution in [1.29, 1.82) is 0 Å². The van der Waals surface area contributed by atoms with Crippen molar-refractivity contribution in [3.63, 3.8) is 0 Å². The number of carbonyl (C=O) groups is 1. The highest BCUT2D eigenvalue weighted by atomic mass is 16.5. The quantitative estimate of drug-likeness (QED) is 0.668. The lowest BCUT2D eigenvalue weighted by Gasteiger charge is -2.27. The fourth-order valence-electron chi connectivity index (χ4n) is 1.14. The van der Waals surface area contributed by atoms with E-state index in [0.717, 1.165) is 12.8 Å².